The molecular weight excluding hydrogens is 977 g/mol. The second-order valence-corrected chi connectivity index (χ2v) is 19.5. The minimum atomic E-state index is 0.579. The van der Waals surface area contributed by atoms with E-state index >= 15 is 0 Å². The van der Waals surface area contributed by atoms with Gasteiger partial charge in [-0.3, -0.25) is 4.90 Å². The Morgan fingerprint density at radius 2 is 0.512 bits per heavy atom. The molecule has 8 heteroatoms. The lowest BCUT2D eigenvalue weighted by molar-refractivity contribution is 1.09. The maximum atomic E-state index is 5.65. The van der Waals surface area contributed by atoms with Crippen molar-refractivity contribution < 1.29 is 0 Å². The summed E-state index contributed by atoms with van der Waals surface area (Å²) in [6.45, 7) is 0. The van der Waals surface area contributed by atoms with E-state index in [-0.39, 0.29) is 0 Å². The Hall–Kier alpha value is -11.0. The van der Waals surface area contributed by atoms with Crippen LogP contribution in [0.1, 0.15) is 0 Å². The summed E-state index contributed by atoms with van der Waals surface area (Å²) in [5.41, 5.74) is 18.0. The molecular formula is C72H48N8. The normalized spacial score (nSPS) is 11.7. The third kappa shape index (κ3) is 9.02. The SMILES string of the molecule is c1ccc(-c2cc(-c3c(N4c5ccccc5N(c5cc(-c6ccccc6)nc(-c6ccccc6)n5)c5ccccc54)ccc(-c4nc(-c5ccccc5)cc(-c5ccccc5)n4)c3-c3ccccc3)nc(-c3ccccc3)n2)cc1. The molecule has 0 saturated carbocycles. The number of nitrogens with zero attached hydrogens (tertiary/aromatic N) is 8. The van der Waals surface area contributed by atoms with Gasteiger partial charge in [0.15, 0.2) is 17.5 Å². The number of para-hydroxylation sites is 4. The zero-order valence-electron chi connectivity index (χ0n) is 43.3. The van der Waals surface area contributed by atoms with Crippen molar-refractivity contribution in [1.29, 1.82) is 0 Å². The molecule has 0 amide bonds. The topological polar surface area (TPSA) is 83.8 Å². The van der Waals surface area contributed by atoms with Crippen LogP contribution in [-0.4, -0.2) is 29.9 Å². The molecule has 0 atom stereocenters. The van der Waals surface area contributed by atoms with E-state index < -0.39 is 0 Å². The van der Waals surface area contributed by atoms with E-state index in [4.69, 9.17) is 29.9 Å². The van der Waals surface area contributed by atoms with Gasteiger partial charge in [-0.1, -0.05) is 237 Å². The van der Waals surface area contributed by atoms with Crippen LogP contribution >= 0.6 is 0 Å². The first-order valence-electron chi connectivity index (χ1n) is 26.7. The first-order valence-corrected chi connectivity index (χ1v) is 26.7. The van der Waals surface area contributed by atoms with Crippen LogP contribution in [-0.2, 0) is 0 Å². The van der Waals surface area contributed by atoms with Crippen LogP contribution in [0.3, 0.4) is 0 Å². The highest BCUT2D eigenvalue weighted by molar-refractivity contribution is 6.08. The van der Waals surface area contributed by atoms with E-state index in [9.17, 15) is 0 Å². The van der Waals surface area contributed by atoms with Crippen LogP contribution in [0, 0.1) is 0 Å². The molecule has 4 heterocycles. The summed E-state index contributed by atoms with van der Waals surface area (Å²) in [5.74, 6) is 2.54. The van der Waals surface area contributed by atoms with Crippen LogP contribution in [0.2, 0.25) is 0 Å². The Labute approximate surface area is 464 Å². The fraction of sp³-hybridized carbons (Fsp3) is 0. The highest BCUT2D eigenvalue weighted by atomic mass is 15.3. The molecule has 0 bridgehead atoms. The quantitative estimate of drug-likeness (QED) is 0.127. The average Bonchev–Trinajstić information content (AvgIpc) is 3.66. The van der Waals surface area contributed by atoms with Gasteiger partial charge in [0.25, 0.3) is 0 Å². The second kappa shape index (κ2) is 20.9. The molecule has 0 N–H and O–H groups in total. The highest BCUT2D eigenvalue weighted by Gasteiger charge is 2.35. The van der Waals surface area contributed by atoms with Gasteiger partial charge >= 0.3 is 0 Å². The second-order valence-electron chi connectivity index (χ2n) is 19.5. The van der Waals surface area contributed by atoms with Gasteiger partial charge in [-0.15, -0.1) is 0 Å². The van der Waals surface area contributed by atoms with Crippen LogP contribution in [0.15, 0.2) is 291 Å². The maximum absolute atomic E-state index is 5.65. The zero-order valence-corrected chi connectivity index (χ0v) is 43.3. The standard InChI is InChI=1S/C72H48N8/c1-8-26-49(27-9-1)57-46-58(50-28-10-2-11-29-50)76-72(75-57)56-44-45-66(69(68(56)53-34-16-5-17-35-53)61-47-59(51-30-12-3-13-31-51)73-70(77-61)54-36-18-6-19-37-54)79-62-40-22-24-42-64(62)80(65-43-25-23-41-63(65)79)67-48-60(52-32-14-4-15-33-52)74-71(78-67)55-38-20-7-21-39-55/h1-48H. The molecule has 8 nitrogen and oxygen atoms in total. The Bertz CT molecular complexity index is 4120. The van der Waals surface area contributed by atoms with Crippen LogP contribution < -0.4 is 9.80 Å². The van der Waals surface area contributed by atoms with Gasteiger partial charge in [0, 0.05) is 56.1 Å². The molecule has 0 radical (unpaired) electrons. The van der Waals surface area contributed by atoms with Crippen molar-refractivity contribution in [2.45, 2.75) is 0 Å². The van der Waals surface area contributed by atoms with E-state index in [2.05, 4.69) is 228 Å². The highest BCUT2D eigenvalue weighted by Crippen LogP contribution is 2.57. The monoisotopic (exact) mass is 1020 g/mol. The third-order valence-electron chi connectivity index (χ3n) is 14.4. The van der Waals surface area contributed by atoms with E-state index in [1.165, 1.54) is 0 Å². The van der Waals surface area contributed by atoms with E-state index in [1.807, 2.05) is 72.8 Å². The molecule has 13 aromatic rings. The molecule has 0 unspecified atom stereocenters. The summed E-state index contributed by atoms with van der Waals surface area (Å²) in [6, 6.07) is 100. The number of hydrogen-bond donors (Lipinski definition) is 0. The van der Waals surface area contributed by atoms with Gasteiger partial charge in [-0.2, -0.15) is 0 Å². The Morgan fingerprint density at radius 1 is 0.200 bits per heavy atom. The first kappa shape index (κ1) is 47.5. The third-order valence-corrected chi connectivity index (χ3v) is 14.4. The van der Waals surface area contributed by atoms with Gasteiger partial charge in [0.1, 0.15) is 5.82 Å². The van der Waals surface area contributed by atoms with Gasteiger partial charge < -0.3 is 4.90 Å². The minimum Gasteiger partial charge on any atom is -0.306 e. The summed E-state index contributed by atoms with van der Waals surface area (Å²) < 4.78 is 0. The molecule has 1 aliphatic rings. The van der Waals surface area contributed by atoms with E-state index in [0.717, 1.165) is 118 Å². The predicted octanol–water partition coefficient (Wildman–Crippen LogP) is 18.3. The average molecular weight is 1030 g/mol. The Balaban J connectivity index is 1.07. The van der Waals surface area contributed by atoms with Crippen molar-refractivity contribution in [3.05, 3.63) is 291 Å². The van der Waals surface area contributed by atoms with Crippen molar-refractivity contribution in [3.63, 3.8) is 0 Å². The number of aromatic nitrogens is 6. The maximum Gasteiger partial charge on any atom is 0.162 e. The number of anilines is 6. The van der Waals surface area contributed by atoms with Crippen LogP contribution in [0.4, 0.5) is 34.3 Å². The molecule has 0 spiro atoms. The number of fused-ring (bicyclic) bond motifs is 2. The summed E-state index contributed by atoms with van der Waals surface area (Å²) >= 11 is 0. The first-order chi connectivity index (χ1) is 39.7. The van der Waals surface area contributed by atoms with Crippen molar-refractivity contribution >= 4 is 34.3 Å². The molecule has 10 aromatic carbocycles. The fourth-order valence-electron chi connectivity index (χ4n) is 10.7. The molecule has 1 aliphatic heterocycles. The van der Waals surface area contributed by atoms with Crippen molar-refractivity contribution in [2.24, 2.45) is 0 Å². The van der Waals surface area contributed by atoms with Gasteiger partial charge in [0.05, 0.1) is 56.9 Å². The molecule has 0 saturated heterocycles. The number of hydrogen-bond acceptors (Lipinski definition) is 8. The number of benzene rings is 10. The largest absolute Gasteiger partial charge is 0.306 e. The van der Waals surface area contributed by atoms with E-state index in [0.29, 0.717) is 17.5 Å². The van der Waals surface area contributed by atoms with Crippen LogP contribution in [0.5, 0.6) is 0 Å². The molecule has 376 valence electrons. The zero-order chi connectivity index (χ0) is 53.2. The summed E-state index contributed by atoms with van der Waals surface area (Å²) in [6.07, 6.45) is 0. The smallest absolute Gasteiger partial charge is 0.162 e. The molecule has 80 heavy (non-hydrogen) atoms. The molecule has 0 aliphatic carbocycles. The summed E-state index contributed by atoms with van der Waals surface area (Å²) in [4.78, 5) is 37.2. The number of rotatable bonds is 11. The van der Waals surface area contributed by atoms with Gasteiger partial charge in [-0.25, -0.2) is 29.9 Å². The molecule has 14 rings (SSSR count). The van der Waals surface area contributed by atoms with Crippen molar-refractivity contribution in [3.8, 4) is 102 Å². The lowest BCUT2D eigenvalue weighted by Gasteiger charge is -2.40. The predicted molar refractivity (Wildman–Crippen MR) is 325 cm³/mol. The van der Waals surface area contributed by atoms with E-state index in [1.54, 1.807) is 0 Å². The Kier molecular flexibility index (Phi) is 12.4. The van der Waals surface area contributed by atoms with Gasteiger partial charge in [0.2, 0.25) is 0 Å². The molecule has 3 aromatic heterocycles. The lowest BCUT2D eigenvalue weighted by Crippen LogP contribution is -2.25. The minimum absolute atomic E-state index is 0.579. The van der Waals surface area contributed by atoms with Gasteiger partial charge in [-0.05, 0) is 54.1 Å². The molecule has 0 fully saturated rings. The fourth-order valence-corrected chi connectivity index (χ4v) is 10.7. The summed E-state index contributed by atoms with van der Waals surface area (Å²) in [5, 5.41) is 0. The lowest BCUT2D eigenvalue weighted by atomic mass is 9.88. The summed E-state index contributed by atoms with van der Waals surface area (Å²) in [7, 11) is 0. The van der Waals surface area contributed by atoms with Crippen LogP contribution in [0.25, 0.3) is 102 Å². The Morgan fingerprint density at radius 3 is 0.938 bits per heavy atom. The van der Waals surface area contributed by atoms with Crippen molar-refractivity contribution in [1.82, 2.24) is 29.9 Å². The van der Waals surface area contributed by atoms with Crippen molar-refractivity contribution in [2.75, 3.05) is 9.80 Å².